The maximum atomic E-state index is 5.32. The van der Waals surface area contributed by atoms with Crippen LogP contribution in [0.15, 0.2) is 116 Å². The molecule has 2 heterocycles. The van der Waals surface area contributed by atoms with Crippen LogP contribution < -0.4 is 4.74 Å². The molecule has 3 heteroatoms. The quantitative estimate of drug-likeness (QED) is 0.263. The molecule has 3 nitrogen and oxygen atoms in total. The summed E-state index contributed by atoms with van der Waals surface area (Å²) < 4.78 is 5.32. The number of pyridine rings is 2. The Morgan fingerprint density at radius 1 is 0.471 bits per heavy atom. The Balaban J connectivity index is 1.47. The average Bonchev–Trinajstić information content (AvgIpc) is 2.93. The molecule has 0 spiro atoms. The molecule has 0 radical (unpaired) electrons. The zero-order valence-electron chi connectivity index (χ0n) is 18.8. The lowest BCUT2D eigenvalue weighted by Crippen LogP contribution is -1.91. The molecule has 0 amide bonds. The fourth-order valence-electron chi connectivity index (χ4n) is 4.57. The summed E-state index contributed by atoms with van der Waals surface area (Å²) in [4.78, 5) is 9.47. The zero-order chi connectivity index (χ0) is 22.9. The van der Waals surface area contributed by atoms with Gasteiger partial charge in [0.25, 0.3) is 0 Å². The van der Waals surface area contributed by atoms with E-state index in [9.17, 15) is 0 Å². The van der Waals surface area contributed by atoms with Gasteiger partial charge in [0, 0.05) is 23.2 Å². The van der Waals surface area contributed by atoms with Crippen molar-refractivity contribution in [2.75, 3.05) is 7.11 Å². The van der Waals surface area contributed by atoms with Crippen molar-refractivity contribution in [1.29, 1.82) is 0 Å². The number of hydrogen-bond acceptors (Lipinski definition) is 3. The first-order valence-electron chi connectivity index (χ1n) is 11.3. The van der Waals surface area contributed by atoms with E-state index in [1.54, 1.807) is 7.11 Å². The summed E-state index contributed by atoms with van der Waals surface area (Å²) in [6, 6.07) is 35.8. The molecular formula is C31H22N2O. The Kier molecular flexibility index (Phi) is 5.00. The van der Waals surface area contributed by atoms with Crippen LogP contribution in [-0.2, 0) is 0 Å². The van der Waals surface area contributed by atoms with E-state index in [2.05, 4.69) is 84.9 Å². The first kappa shape index (κ1) is 20.1. The molecule has 0 unspecified atom stereocenters. The summed E-state index contributed by atoms with van der Waals surface area (Å²) in [5.74, 6) is 0.845. The van der Waals surface area contributed by atoms with E-state index in [0.717, 1.165) is 49.8 Å². The molecular weight excluding hydrogens is 416 g/mol. The van der Waals surface area contributed by atoms with Crippen molar-refractivity contribution >= 4 is 21.8 Å². The second-order valence-corrected chi connectivity index (χ2v) is 8.25. The Morgan fingerprint density at radius 3 is 1.47 bits per heavy atom. The SMILES string of the molecule is COc1ccc(-c2ccnc3c2ccc2c(-c4ccc(-c5ccccc5)cc4)ccnc23)cc1. The van der Waals surface area contributed by atoms with Crippen LogP contribution in [0, 0.1) is 0 Å². The molecule has 2 aromatic heterocycles. The van der Waals surface area contributed by atoms with Gasteiger partial charge in [-0.3, -0.25) is 9.97 Å². The second kappa shape index (κ2) is 8.45. The van der Waals surface area contributed by atoms with Crippen LogP contribution >= 0.6 is 0 Å². The van der Waals surface area contributed by atoms with E-state index in [4.69, 9.17) is 14.7 Å². The fourth-order valence-corrected chi connectivity index (χ4v) is 4.57. The van der Waals surface area contributed by atoms with Gasteiger partial charge in [0.1, 0.15) is 5.75 Å². The van der Waals surface area contributed by atoms with Gasteiger partial charge in [0.05, 0.1) is 18.1 Å². The zero-order valence-corrected chi connectivity index (χ0v) is 18.8. The third-order valence-electron chi connectivity index (χ3n) is 6.33. The van der Waals surface area contributed by atoms with Crippen molar-refractivity contribution in [2.45, 2.75) is 0 Å². The number of benzene rings is 4. The topological polar surface area (TPSA) is 35.0 Å². The molecule has 0 saturated heterocycles. The largest absolute Gasteiger partial charge is 0.497 e. The van der Waals surface area contributed by atoms with E-state index in [0.29, 0.717) is 0 Å². The summed E-state index contributed by atoms with van der Waals surface area (Å²) >= 11 is 0. The maximum absolute atomic E-state index is 5.32. The molecule has 0 fully saturated rings. The molecule has 0 saturated carbocycles. The number of rotatable bonds is 4. The fraction of sp³-hybridized carbons (Fsp3) is 0.0323. The Bertz CT molecular complexity index is 1610. The number of ether oxygens (including phenoxy) is 1. The van der Waals surface area contributed by atoms with Gasteiger partial charge in [-0.1, -0.05) is 78.9 Å². The van der Waals surface area contributed by atoms with E-state index in [1.165, 1.54) is 11.1 Å². The maximum Gasteiger partial charge on any atom is 0.118 e. The van der Waals surface area contributed by atoms with Gasteiger partial charge >= 0.3 is 0 Å². The van der Waals surface area contributed by atoms with Gasteiger partial charge < -0.3 is 4.74 Å². The lowest BCUT2D eigenvalue weighted by Gasteiger charge is -2.12. The summed E-state index contributed by atoms with van der Waals surface area (Å²) in [5.41, 5.74) is 8.83. The van der Waals surface area contributed by atoms with Crippen molar-refractivity contribution in [3.63, 3.8) is 0 Å². The molecule has 0 aliphatic heterocycles. The lowest BCUT2D eigenvalue weighted by molar-refractivity contribution is 0.415. The highest BCUT2D eigenvalue weighted by Gasteiger charge is 2.12. The van der Waals surface area contributed by atoms with Crippen LogP contribution in [0.2, 0.25) is 0 Å². The number of aromatic nitrogens is 2. The standard InChI is InChI=1S/C31H22N2O/c1-34-25-13-11-24(12-14-25)27-18-20-33-31-29(27)16-15-28-26(17-19-32-30(28)31)23-9-7-22(8-10-23)21-5-3-2-4-6-21/h2-20H,1H3. The average molecular weight is 439 g/mol. The molecule has 6 rings (SSSR count). The van der Waals surface area contributed by atoms with Crippen molar-refractivity contribution < 1.29 is 4.74 Å². The molecule has 0 atom stereocenters. The molecule has 4 aromatic carbocycles. The van der Waals surface area contributed by atoms with E-state index in [1.807, 2.05) is 30.6 Å². The van der Waals surface area contributed by atoms with Gasteiger partial charge in [0.2, 0.25) is 0 Å². The van der Waals surface area contributed by atoms with Crippen LogP contribution in [0.5, 0.6) is 5.75 Å². The third kappa shape index (κ3) is 3.48. The number of hydrogen-bond donors (Lipinski definition) is 0. The Hall–Kier alpha value is -4.50. The number of nitrogens with zero attached hydrogens (tertiary/aromatic N) is 2. The van der Waals surface area contributed by atoms with Crippen molar-refractivity contribution in [2.24, 2.45) is 0 Å². The first-order chi connectivity index (χ1) is 16.8. The first-order valence-corrected chi connectivity index (χ1v) is 11.3. The Morgan fingerprint density at radius 2 is 0.941 bits per heavy atom. The third-order valence-corrected chi connectivity index (χ3v) is 6.33. The number of fused-ring (bicyclic) bond motifs is 3. The van der Waals surface area contributed by atoms with Crippen LogP contribution in [0.25, 0.3) is 55.2 Å². The van der Waals surface area contributed by atoms with E-state index < -0.39 is 0 Å². The highest BCUT2D eigenvalue weighted by atomic mass is 16.5. The minimum Gasteiger partial charge on any atom is -0.497 e. The highest BCUT2D eigenvalue weighted by molar-refractivity contribution is 6.11. The predicted molar refractivity (Wildman–Crippen MR) is 140 cm³/mol. The van der Waals surface area contributed by atoms with Gasteiger partial charge in [-0.05, 0) is 57.6 Å². The molecule has 6 aromatic rings. The minimum atomic E-state index is 0.845. The Labute approximate surface area is 198 Å². The van der Waals surface area contributed by atoms with Crippen LogP contribution in [0.3, 0.4) is 0 Å². The van der Waals surface area contributed by atoms with Gasteiger partial charge in [-0.2, -0.15) is 0 Å². The second-order valence-electron chi connectivity index (χ2n) is 8.25. The van der Waals surface area contributed by atoms with E-state index >= 15 is 0 Å². The van der Waals surface area contributed by atoms with Crippen LogP contribution in [0.4, 0.5) is 0 Å². The van der Waals surface area contributed by atoms with Crippen LogP contribution in [-0.4, -0.2) is 17.1 Å². The van der Waals surface area contributed by atoms with Crippen molar-refractivity contribution in [3.05, 3.63) is 116 Å². The summed E-state index contributed by atoms with van der Waals surface area (Å²) in [5, 5.41) is 2.19. The minimum absolute atomic E-state index is 0.845. The van der Waals surface area contributed by atoms with E-state index in [-0.39, 0.29) is 0 Å². The molecule has 0 bridgehead atoms. The smallest absolute Gasteiger partial charge is 0.118 e. The van der Waals surface area contributed by atoms with Gasteiger partial charge in [0.15, 0.2) is 0 Å². The summed E-state index contributed by atoms with van der Waals surface area (Å²) in [6.45, 7) is 0. The molecule has 0 aliphatic rings. The summed E-state index contributed by atoms with van der Waals surface area (Å²) in [7, 11) is 1.68. The lowest BCUT2D eigenvalue weighted by atomic mass is 9.95. The number of methoxy groups -OCH3 is 1. The molecule has 0 N–H and O–H groups in total. The van der Waals surface area contributed by atoms with Gasteiger partial charge in [-0.15, -0.1) is 0 Å². The molecule has 0 aliphatic carbocycles. The molecule has 162 valence electrons. The normalized spacial score (nSPS) is 11.1. The van der Waals surface area contributed by atoms with Crippen molar-refractivity contribution in [1.82, 2.24) is 9.97 Å². The van der Waals surface area contributed by atoms with Gasteiger partial charge in [-0.25, -0.2) is 0 Å². The monoisotopic (exact) mass is 438 g/mol. The predicted octanol–water partition coefficient (Wildman–Crippen LogP) is 7.79. The summed E-state index contributed by atoms with van der Waals surface area (Å²) in [6.07, 6.45) is 3.74. The van der Waals surface area contributed by atoms with Crippen LogP contribution in [0.1, 0.15) is 0 Å². The molecule has 34 heavy (non-hydrogen) atoms. The van der Waals surface area contributed by atoms with Crippen molar-refractivity contribution in [3.8, 4) is 39.1 Å². The highest BCUT2D eigenvalue weighted by Crippen LogP contribution is 2.35.